The van der Waals surface area contributed by atoms with Crippen molar-refractivity contribution in [2.75, 3.05) is 5.43 Å². The highest BCUT2D eigenvalue weighted by molar-refractivity contribution is 7.15. The summed E-state index contributed by atoms with van der Waals surface area (Å²) in [5.74, 6) is 5.16. The van der Waals surface area contributed by atoms with Gasteiger partial charge in [0.1, 0.15) is 5.01 Å². The van der Waals surface area contributed by atoms with Gasteiger partial charge in [0, 0.05) is 5.41 Å². The Hall–Kier alpha value is -0.680. The fourth-order valence-electron chi connectivity index (χ4n) is 0.585. The van der Waals surface area contributed by atoms with Crippen molar-refractivity contribution in [1.82, 2.24) is 10.2 Å². The van der Waals surface area contributed by atoms with Gasteiger partial charge < -0.3 is 0 Å². The first-order valence-corrected chi connectivity index (χ1v) is 4.16. The summed E-state index contributed by atoms with van der Waals surface area (Å²) in [6.07, 6.45) is 0. The smallest absolute Gasteiger partial charge is 0.219 e. The van der Waals surface area contributed by atoms with E-state index in [0.29, 0.717) is 5.13 Å². The minimum atomic E-state index is 0.0623. The van der Waals surface area contributed by atoms with Crippen LogP contribution in [0.3, 0.4) is 0 Å². The lowest BCUT2D eigenvalue weighted by Gasteiger charge is -2.11. The molecule has 0 aromatic carbocycles. The van der Waals surface area contributed by atoms with E-state index in [2.05, 4.69) is 36.4 Å². The zero-order valence-electron chi connectivity index (χ0n) is 6.88. The van der Waals surface area contributed by atoms with Gasteiger partial charge in [0.25, 0.3) is 0 Å². The van der Waals surface area contributed by atoms with Crippen LogP contribution in [0.5, 0.6) is 0 Å². The topological polar surface area (TPSA) is 63.8 Å². The Morgan fingerprint density at radius 2 is 2.00 bits per heavy atom. The molecule has 3 N–H and O–H groups in total. The van der Waals surface area contributed by atoms with E-state index in [1.807, 2.05) is 0 Å². The van der Waals surface area contributed by atoms with Crippen molar-refractivity contribution in [3.63, 3.8) is 0 Å². The third kappa shape index (κ3) is 1.87. The molecule has 0 bridgehead atoms. The van der Waals surface area contributed by atoms with Crippen molar-refractivity contribution in [2.24, 2.45) is 5.84 Å². The molecular weight excluding hydrogens is 160 g/mol. The molecular formula is C6H12N4S. The number of aromatic nitrogens is 2. The van der Waals surface area contributed by atoms with Crippen LogP contribution >= 0.6 is 11.3 Å². The van der Waals surface area contributed by atoms with Crippen LogP contribution in [0, 0.1) is 0 Å². The largest absolute Gasteiger partial charge is 0.298 e. The van der Waals surface area contributed by atoms with Gasteiger partial charge in [0.15, 0.2) is 0 Å². The van der Waals surface area contributed by atoms with Crippen molar-refractivity contribution in [3.8, 4) is 0 Å². The second-order valence-electron chi connectivity index (χ2n) is 3.31. The first kappa shape index (κ1) is 8.42. The molecule has 0 fully saturated rings. The standard InChI is InChI=1S/C6H12N4S/c1-6(2,3)4-9-10-5(8-7)11-4/h7H2,1-3H3,(H,8,10). The minimum absolute atomic E-state index is 0.0623. The number of anilines is 1. The number of nitrogens with one attached hydrogen (secondary N) is 1. The SMILES string of the molecule is CC(C)(C)c1nnc(NN)s1. The van der Waals surface area contributed by atoms with Crippen LogP contribution in [0.25, 0.3) is 0 Å². The van der Waals surface area contributed by atoms with Gasteiger partial charge in [-0.05, 0) is 0 Å². The average molecular weight is 172 g/mol. The summed E-state index contributed by atoms with van der Waals surface area (Å²) < 4.78 is 0. The number of hydrazine groups is 1. The summed E-state index contributed by atoms with van der Waals surface area (Å²) >= 11 is 1.48. The van der Waals surface area contributed by atoms with Crippen LogP contribution in [0.2, 0.25) is 0 Å². The predicted octanol–water partition coefficient (Wildman–Crippen LogP) is 1.12. The maximum atomic E-state index is 5.16. The minimum Gasteiger partial charge on any atom is -0.298 e. The summed E-state index contributed by atoms with van der Waals surface area (Å²) in [6.45, 7) is 6.27. The van der Waals surface area contributed by atoms with Gasteiger partial charge in [0.2, 0.25) is 5.13 Å². The van der Waals surface area contributed by atoms with E-state index < -0.39 is 0 Å². The molecule has 0 unspecified atom stereocenters. The molecule has 5 heteroatoms. The maximum Gasteiger partial charge on any atom is 0.219 e. The van der Waals surface area contributed by atoms with Crippen molar-refractivity contribution in [2.45, 2.75) is 26.2 Å². The van der Waals surface area contributed by atoms with Gasteiger partial charge >= 0.3 is 0 Å². The molecule has 4 nitrogen and oxygen atoms in total. The Morgan fingerprint density at radius 3 is 2.27 bits per heavy atom. The summed E-state index contributed by atoms with van der Waals surface area (Å²) in [5.41, 5.74) is 2.53. The number of nitrogens with two attached hydrogens (primary N) is 1. The van der Waals surface area contributed by atoms with Gasteiger partial charge in [-0.1, -0.05) is 32.1 Å². The van der Waals surface area contributed by atoms with Crippen LogP contribution < -0.4 is 11.3 Å². The van der Waals surface area contributed by atoms with Crippen LogP contribution in [-0.4, -0.2) is 10.2 Å². The van der Waals surface area contributed by atoms with E-state index in [1.54, 1.807) is 0 Å². The van der Waals surface area contributed by atoms with Gasteiger partial charge in [-0.25, -0.2) is 5.84 Å². The van der Waals surface area contributed by atoms with Crippen LogP contribution in [0.15, 0.2) is 0 Å². The Morgan fingerprint density at radius 1 is 1.36 bits per heavy atom. The van der Waals surface area contributed by atoms with Gasteiger partial charge in [-0.3, -0.25) is 5.43 Å². The van der Waals surface area contributed by atoms with E-state index in [1.165, 1.54) is 11.3 Å². The van der Waals surface area contributed by atoms with Crippen LogP contribution in [-0.2, 0) is 5.41 Å². The quantitative estimate of drug-likeness (QED) is 0.492. The van der Waals surface area contributed by atoms with Crippen molar-refractivity contribution >= 4 is 16.5 Å². The monoisotopic (exact) mass is 172 g/mol. The van der Waals surface area contributed by atoms with Gasteiger partial charge in [-0.15, -0.1) is 10.2 Å². The van der Waals surface area contributed by atoms with Crippen LogP contribution in [0.1, 0.15) is 25.8 Å². The summed E-state index contributed by atoms with van der Waals surface area (Å²) in [4.78, 5) is 0. The van der Waals surface area contributed by atoms with Crippen molar-refractivity contribution in [3.05, 3.63) is 5.01 Å². The fraction of sp³-hybridized carbons (Fsp3) is 0.667. The Bertz CT molecular complexity index is 237. The zero-order valence-corrected chi connectivity index (χ0v) is 7.70. The molecule has 1 aromatic heterocycles. The summed E-state index contributed by atoms with van der Waals surface area (Å²) in [5, 5.41) is 9.47. The molecule has 0 saturated heterocycles. The highest BCUT2D eigenvalue weighted by atomic mass is 32.1. The molecule has 0 amide bonds. The molecule has 0 saturated carbocycles. The molecule has 0 aliphatic carbocycles. The number of rotatable bonds is 1. The average Bonchev–Trinajstić information content (AvgIpc) is 2.32. The molecule has 0 spiro atoms. The van der Waals surface area contributed by atoms with Crippen molar-refractivity contribution in [1.29, 1.82) is 0 Å². The molecule has 1 aromatic rings. The van der Waals surface area contributed by atoms with Gasteiger partial charge in [-0.2, -0.15) is 0 Å². The van der Waals surface area contributed by atoms with E-state index in [9.17, 15) is 0 Å². The number of hydrogen-bond acceptors (Lipinski definition) is 5. The molecule has 1 heterocycles. The number of nitrogens with zero attached hydrogens (tertiary/aromatic N) is 2. The number of hydrogen-bond donors (Lipinski definition) is 2. The molecule has 0 atom stereocenters. The van der Waals surface area contributed by atoms with E-state index in [4.69, 9.17) is 5.84 Å². The third-order valence-electron chi connectivity index (χ3n) is 1.19. The summed E-state index contributed by atoms with van der Waals surface area (Å²) in [6, 6.07) is 0. The Balaban J connectivity index is 2.89. The third-order valence-corrected chi connectivity index (χ3v) is 2.47. The molecule has 0 aliphatic heterocycles. The molecule has 11 heavy (non-hydrogen) atoms. The molecule has 0 radical (unpaired) electrons. The second-order valence-corrected chi connectivity index (χ2v) is 4.28. The maximum absolute atomic E-state index is 5.16. The highest BCUT2D eigenvalue weighted by Gasteiger charge is 2.18. The first-order chi connectivity index (χ1) is 5.04. The lowest BCUT2D eigenvalue weighted by Crippen LogP contribution is -2.10. The fourth-order valence-corrected chi connectivity index (χ4v) is 1.30. The first-order valence-electron chi connectivity index (χ1n) is 3.34. The Labute approximate surface area is 69.8 Å². The van der Waals surface area contributed by atoms with Crippen LogP contribution in [0.4, 0.5) is 5.13 Å². The molecule has 62 valence electrons. The molecule has 1 rings (SSSR count). The van der Waals surface area contributed by atoms with E-state index in [-0.39, 0.29) is 5.41 Å². The lowest BCUT2D eigenvalue weighted by molar-refractivity contribution is 0.578. The van der Waals surface area contributed by atoms with E-state index >= 15 is 0 Å². The zero-order chi connectivity index (χ0) is 8.48. The highest BCUT2D eigenvalue weighted by Crippen LogP contribution is 2.26. The lowest BCUT2D eigenvalue weighted by atomic mass is 9.98. The number of nitrogen functional groups attached to an aromatic ring is 1. The predicted molar refractivity (Wildman–Crippen MR) is 46.4 cm³/mol. The van der Waals surface area contributed by atoms with Crippen molar-refractivity contribution < 1.29 is 0 Å². The second kappa shape index (κ2) is 2.75. The normalized spacial score (nSPS) is 11.6. The van der Waals surface area contributed by atoms with Gasteiger partial charge in [0.05, 0.1) is 0 Å². The molecule has 0 aliphatic rings. The summed E-state index contributed by atoms with van der Waals surface area (Å²) in [7, 11) is 0. The van der Waals surface area contributed by atoms with E-state index in [0.717, 1.165) is 5.01 Å². The Kier molecular flexibility index (Phi) is 2.10.